The van der Waals surface area contributed by atoms with Crippen LogP contribution in [0.15, 0.2) is 12.1 Å². The summed E-state index contributed by atoms with van der Waals surface area (Å²) in [5, 5.41) is 8.07. The SMILES string of the molecule is N#Cc1c(CN)ccc(C(F)(F)F)c1Cl. The van der Waals surface area contributed by atoms with Gasteiger partial charge in [0.1, 0.15) is 6.07 Å². The van der Waals surface area contributed by atoms with Gasteiger partial charge in [-0.25, -0.2) is 0 Å². The maximum Gasteiger partial charge on any atom is 0.417 e. The van der Waals surface area contributed by atoms with E-state index in [0.717, 1.165) is 12.1 Å². The predicted molar refractivity (Wildman–Crippen MR) is 49.1 cm³/mol. The lowest BCUT2D eigenvalue weighted by Crippen LogP contribution is -2.09. The molecule has 0 radical (unpaired) electrons. The summed E-state index contributed by atoms with van der Waals surface area (Å²) in [5.74, 6) is 0. The van der Waals surface area contributed by atoms with Crippen LogP contribution in [0.2, 0.25) is 5.02 Å². The van der Waals surface area contributed by atoms with Crippen LogP contribution < -0.4 is 5.73 Å². The molecule has 2 nitrogen and oxygen atoms in total. The van der Waals surface area contributed by atoms with Crippen molar-refractivity contribution in [2.45, 2.75) is 12.7 Å². The zero-order valence-electron chi connectivity index (χ0n) is 7.40. The van der Waals surface area contributed by atoms with Gasteiger partial charge in [-0.15, -0.1) is 0 Å². The van der Waals surface area contributed by atoms with Crippen LogP contribution in [-0.2, 0) is 12.7 Å². The Balaban J connectivity index is 3.45. The molecule has 0 unspecified atom stereocenters. The minimum absolute atomic E-state index is 0.0270. The average Bonchev–Trinajstić information content (AvgIpc) is 2.15. The summed E-state index contributed by atoms with van der Waals surface area (Å²) in [7, 11) is 0. The third-order valence-electron chi connectivity index (χ3n) is 1.87. The maximum absolute atomic E-state index is 12.4. The molecular formula is C9H6ClF3N2. The number of halogens is 4. The first-order chi connectivity index (χ1) is 6.91. The Morgan fingerprint density at radius 2 is 2.00 bits per heavy atom. The molecule has 0 bridgehead atoms. The molecule has 0 aromatic heterocycles. The molecule has 0 atom stereocenters. The first-order valence-electron chi connectivity index (χ1n) is 3.90. The Kier molecular flexibility index (Phi) is 3.22. The van der Waals surface area contributed by atoms with E-state index in [2.05, 4.69) is 0 Å². The van der Waals surface area contributed by atoms with Crippen LogP contribution in [0, 0.1) is 11.3 Å². The average molecular weight is 235 g/mol. The lowest BCUT2D eigenvalue weighted by molar-refractivity contribution is -0.137. The minimum atomic E-state index is -4.56. The highest BCUT2D eigenvalue weighted by Crippen LogP contribution is 2.37. The van der Waals surface area contributed by atoms with Gasteiger partial charge in [-0.1, -0.05) is 17.7 Å². The van der Waals surface area contributed by atoms with Crippen LogP contribution in [0.5, 0.6) is 0 Å². The van der Waals surface area contributed by atoms with Gasteiger partial charge in [-0.3, -0.25) is 0 Å². The number of hydrogen-bond acceptors (Lipinski definition) is 2. The third kappa shape index (κ3) is 2.22. The zero-order valence-corrected chi connectivity index (χ0v) is 8.15. The summed E-state index contributed by atoms with van der Waals surface area (Å²) in [6.07, 6.45) is -4.56. The second-order valence-electron chi connectivity index (χ2n) is 2.77. The van der Waals surface area contributed by atoms with E-state index in [4.69, 9.17) is 22.6 Å². The van der Waals surface area contributed by atoms with Crippen LogP contribution in [0.4, 0.5) is 13.2 Å². The van der Waals surface area contributed by atoms with Gasteiger partial charge in [0.25, 0.3) is 0 Å². The van der Waals surface area contributed by atoms with Gasteiger partial charge in [0.15, 0.2) is 0 Å². The van der Waals surface area contributed by atoms with Crippen molar-refractivity contribution in [3.05, 3.63) is 33.8 Å². The monoisotopic (exact) mass is 234 g/mol. The second-order valence-corrected chi connectivity index (χ2v) is 3.15. The Labute approximate surface area is 89.1 Å². The number of hydrogen-bond donors (Lipinski definition) is 1. The Morgan fingerprint density at radius 3 is 2.40 bits per heavy atom. The van der Waals surface area contributed by atoms with E-state index in [1.165, 1.54) is 0 Å². The van der Waals surface area contributed by atoms with Gasteiger partial charge >= 0.3 is 6.18 Å². The van der Waals surface area contributed by atoms with E-state index in [9.17, 15) is 13.2 Å². The number of nitriles is 1. The molecule has 1 aromatic rings. The first-order valence-corrected chi connectivity index (χ1v) is 4.28. The van der Waals surface area contributed by atoms with Gasteiger partial charge in [0.2, 0.25) is 0 Å². The predicted octanol–water partition coefficient (Wildman–Crippen LogP) is 2.69. The van der Waals surface area contributed by atoms with Gasteiger partial charge in [-0.05, 0) is 11.6 Å². The number of nitrogens with two attached hydrogens (primary N) is 1. The lowest BCUT2D eigenvalue weighted by atomic mass is 10.0. The van der Waals surface area contributed by atoms with Gasteiger partial charge in [0.05, 0.1) is 16.1 Å². The molecule has 0 fully saturated rings. The molecule has 0 spiro atoms. The number of benzene rings is 1. The van der Waals surface area contributed by atoms with Crippen molar-refractivity contribution in [1.29, 1.82) is 5.26 Å². The molecule has 15 heavy (non-hydrogen) atoms. The number of alkyl halides is 3. The van der Waals surface area contributed by atoms with E-state index < -0.39 is 16.8 Å². The summed E-state index contributed by atoms with van der Waals surface area (Å²) < 4.78 is 37.1. The van der Waals surface area contributed by atoms with E-state index >= 15 is 0 Å². The molecule has 0 aliphatic carbocycles. The summed E-state index contributed by atoms with van der Waals surface area (Å²) in [6, 6.07) is 3.60. The molecule has 1 rings (SSSR count). The van der Waals surface area contributed by atoms with Crippen LogP contribution in [0.1, 0.15) is 16.7 Å². The quantitative estimate of drug-likeness (QED) is 0.812. The lowest BCUT2D eigenvalue weighted by Gasteiger charge is -2.11. The molecule has 0 aliphatic heterocycles. The highest BCUT2D eigenvalue weighted by molar-refractivity contribution is 6.32. The fourth-order valence-electron chi connectivity index (χ4n) is 1.13. The van der Waals surface area contributed by atoms with Gasteiger partial charge in [0, 0.05) is 6.54 Å². The Hall–Kier alpha value is -1.25. The van der Waals surface area contributed by atoms with Crippen LogP contribution in [-0.4, -0.2) is 0 Å². The van der Waals surface area contributed by atoms with Crippen LogP contribution >= 0.6 is 11.6 Å². The van der Waals surface area contributed by atoms with Crippen molar-refractivity contribution in [3.63, 3.8) is 0 Å². The number of rotatable bonds is 1. The largest absolute Gasteiger partial charge is 0.417 e. The number of nitrogens with zero attached hydrogens (tertiary/aromatic N) is 1. The molecular weight excluding hydrogens is 229 g/mol. The van der Waals surface area contributed by atoms with Crippen molar-refractivity contribution < 1.29 is 13.2 Å². The summed E-state index contributed by atoms with van der Waals surface area (Å²) in [6.45, 7) is -0.0270. The zero-order chi connectivity index (χ0) is 11.6. The van der Waals surface area contributed by atoms with Crippen molar-refractivity contribution >= 4 is 11.6 Å². The van der Waals surface area contributed by atoms with E-state index in [-0.39, 0.29) is 12.1 Å². The van der Waals surface area contributed by atoms with Crippen molar-refractivity contribution in [3.8, 4) is 6.07 Å². The normalized spacial score (nSPS) is 11.2. The fourth-order valence-corrected chi connectivity index (χ4v) is 1.46. The van der Waals surface area contributed by atoms with Gasteiger partial charge < -0.3 is 5.73 Å². The van der Waals surface area contributed by atoms with Crippen molar-refractivity contribution in [2.75, 3.05) is 0 Å². The molecule has 0 aliphatic rings. The first kappa shape index (κ1) is 11.8. The molecule has 0 saturated carbocycles. The minimum Gasteiger partial charge on any atom is -0.326 e. The standard InChI is InChI=1S/C9H6ClF3N2/c10-8-6(4-15)5(3-14)1-2-7(8)9(11,12)13/h1-2H,3,14H2. The fraction of sp³-hybridized carbons (Fsp3) is 0.222. The molecule has 1 aromatic carbocycles. The third-order valence-corrected chi connectivity index (χ3v) is 2.26. The van der Waals surface area contributed by atoms with Crippen molar-refractivity contribution in [2.24, 2.45) is 5.73 Å². The van der Waals surface area contributed by atoms with E-state index in [0.29, 0.717) is 5.56 Å². The maximum atomic E-state index is 12.4. The Morgan fingerprint density at radius 1 is 1.40 bits per heavy atom. The Bertz CT molecular complexity index is 421. The summed E-state index contributed by atoms with van der Waals surface area (Å²) >= 11 is 5.48. The molecule has 6 heteroatoms. The van der Waals surface area contributed by atoms with Crippen LogP contribution in [0.3, 0.4) is 0 Å². The molecule has 80 valence electrons. The highest BCUT2D eigenvalue weighted by Gasteiger charge is 2.34. The molecule has 0 amide bonds. The molecule has 0 heterocycles. The van der Waals surface area contributed by atoms with Crippen LogP contribution in [0.25, 0.3) is 0 Å². The topological polar surface area (TPSA) is 49.8 Å². The van der Waals surface area contributed by atoms with E-state index in [1.807, 2.05) is 0 Å². The van der Waals surface area contributed by atoms with Crippen molar-refractivity contribution in [1.82, 2.24) is 0 Å². The van der Waals surface area contributed by atoms with Gasteiger partial charge in [-0.2, -0.15) is 18.4 Å². The second kappa shape index (κ2) is 4.09. The summed E-state index contributed by atoms with van der Waals surface area (Å²) in [5.41, 5.74) is 4.33. The summed E-state index contributed by atoms with van der Waals surface area (Å²) in [4.78, 5) is 0. The highest BCUT2D eigenvalue weighted by atomic mass is 35.5. The molecule has 2 N–H and O–H groups in total. The van der Waals surface area contributed by atoms with E-state index in [1.54, 1.807) is 6.07 Å². The smallest absolute Gasteiger partial charge is 0.326 e. The molecule has 0 saturated heterocycles.